The summed E-state index contributed by atoms with van der Waals surface area (Å²) in [4.78, 5) is 14.5. The third kappa shape index (κ3) is 4.44. The number of ether oxygens (including phenoxy) is 1. The molecule has 132 valence electrons. The van der Waals surface area contributed by atoms with Gasteiger partial charge in [0.05, 0.1) is 7.11 Å². The number of nitrogens with zero attached hydrogens (tertiary/aromatic N) is 1. The first-order valence-electron chi connectivity index (χ1n) is 8.65. The highest BCUT2D eigenvalue weighted by Crippen LogP contribution is 2.23. The number of hydrogen-bond donors (Lipinski definition) is 2. The fraction of sp³-hybridized carbons (Fsp3) is 0.350. The second-order valence-electron chi connectivity index (χ2n) is 6.45. The van der Waals surface area contributed by atoms with Gasteiger partial charge in [0, 0.05) is 31.0 Å². The monoisotopic (exact) mass is 339 g/mol. The van der Waals surface area contributed by atoms with E-state index in [9.17, 15) is 4.79 Å². The zero-order valence-corrected chi connectivity index (χ0v) is 14.8. The smallest absolute Gasteiger partial charge is 0.319 e. The number of benzene rings is 2. The van der Waals surface area contributed by atoms with E-state index < -0.39 is 0 Å². The average molecular weight is 339 g/mol. The summed E-state index contributed by atoms with van der Waals surface area (Å²) in [6.45, 7) is 4.65. The van der Waals surface area contributed by atoms with E-state index in [2.05, 4.69) is 39.8 Å². The van der Waals surface area contributed by atoms with Crippen molar-refractivity contribution in [3.05, 3.63) is 54.1 Å². The van der Waals surface area contributed by atoms with Gasteiger partial charge in [0.2, 0.25) is 0 Å². The summed E-state index contributed by atoms with van der Waals surface area (Å²) < 4.78 is 5.18. The Morgan fingerprint density at radius 3 is 2.76 bits per heavy atom. The van der Waals surface area contributed by atoms with Crippen molar-refractivity contribution in [2.24, 2.45) is 5.92 Å². The van der Waals surface area contributed by atoms with E-state index >= 15 is 0 Å². The first kappa shape index (κ1) is 17.1. The number of methoxy groups -OCH3 is 1. The van der Waals surface area contributed by atoms with Crippen LogP contribution in [0.15, 0.2) is 48.5 Å². The molecule has 0 spiro atoms. The molecule has 5 nitrogen and oxygen atoms in total. The van der Waals surface area contributed by atoms with Gasteiger partial charge >= 0.3 is 6.03 Å². The van der Waals surface area contributed by atoms with Crippen molar-refractivity contribution in [2.45, 2.75) is 13.3 Å². The van der Waals surface area contributed by atoms with Crippen molar-refractivity contribution >= 4 is 17.4 Å². The molecule has 1 heterocycles. The minimum Gasteiger partial charge on any atom is -0.497 e. The Morgan fingerprint density at radius 2 is 2.04 bits per heavy atom. The van der Waals surface area contributed by atoms with Gasteiger partial charge in [-0.2, -0.15) is 0 Å². The molecule has 0 radical (unpaired) electrons. The number of aryl methyl sites for hydroxylation is 1. The molecule has 1 fully saturated rings. The second kappa shape index (κ2) is 7.92. The Kier molecular flexibility index (Phi) is 5.43. The number of amides is 2. The van der Waals surface area contributed by atoms with Crippen molar-refractivity contribution in [3.8, 4) is 5.75 Å². The van der Waals surface area contributed by atoms with Crippen molar-refractivity contribution in [1.29, 1.82) is 0 Å². The fourth-order valence-corrected chi connectivity index (χ4v) is 3.18. The number of nitrogens with one attached hydrogen (secondary N) is 2. The predicted molar refractivity (Wildman–Crippen MR) is 102 cm³/mol. The number of urea groups is 1. The van der Waals surface area contributed by atoms with Crippen LogP contribution in [0, 0.1) is 12.8 Å². The Morgan fingerprint density at radius 1 is 1.24 bits per heavy atom. The molecule has 0 aromatic heterocycles. The molecule has 0 unspecified atom stereocenters. The van der Waals surface area contributed by atoms with Gasteiger partial charge in [-0.05, 0) is 55.2 Å². The maximum atomic E-state index is 12.2. The van der Waals surface area contributed by atoms with Crippen molar-refractivity contribution in [3.63, 3.8) is 0 Å². The summed E-state index contributed by atoms with van der Waals surface area (Å²) in [7, 11) is 1.63. The highest BCUT2D eigenvalue weighted by atomic mass is 16.5. The molecule has 1 aliphatic heterocycles. The molecule has 2 aromatic rings. The van der Waals surface area contributed by atoms with Crippen LogP contribution in [0.1, 0.15) is 12.0 Å². The normalized spacial score (nSPS) is 16.6. The molecule has 5 heteroatoms. The number of para-hydroxylation sites is 1. The van der Waals surface area contributed by atoms with Gasteiger partial charge in [-0.3, -0.25) is 0 Å². The van der Waals surface area contributed by atoms with E-state index in [1.54, 1.807) is 7.11 Å². The summed E-state index contributed by atoms with van der Waals surface area (Å²) in [5.41, 5.74) is 3.03. The zero-order chi connectivity index (χ0) is 17.6. The quantitative estimate of drug-likeness (QED) is 0.874. The van der Waals surface area contributed by atoms with E-state index in [0.717, 1.165) is 36.5 Å². The van der Waals surface area contributed by atoms with Crippen LogP contribution in [0.4, 0.5) is 16.2 Å². The molecule has 1 aliphatic rings. The molecule has 3 rings (SSSR count). The highest BCUT2D eigenvalue weighted by Gasteiger charge is 2.23. The van der Waals surface area contributed by atoms with Crippen LogP contribution in [0.2, 0.25) is 0 Å². The molecule has 0 aliphatic carbocycles. The average Bonchev–Trinajstić information content (AvgIpc) is 3.11. The minimum atomic E-state index is -0.161. The highest BCUT2D eigenvalue weighted by molar-refractivity contribution is 5.90. The number of hydrogen-bond acceptors (Lipinski definition) is 3. The molecule has 2 aromatic carbocycles. The van der Waals surface area contributed by atoms with Gasteiger partial charge in [0.25, 0.3) is 0 Å². The van der Waals surface area contributed by atoms with E-state index in [1.165, 1.54) is 5.69 Å². The summed E-state index contributed by atoms with van der Waals surface area (Å²) in [6, 6.07) is 15.9. The zero-order valence-electron chi connectivity index (χ0n) is 14.8. The Labute approximate surface area is 149 Å². The molecule has 0 bridgehead atoms. The summed E-state index contributed by atoms with van der Waals surface area (Å²) in [6.07, 6.45) is 1.09. The summed E-state index contributed by atoms with van der Waals surface area (Å²) in [5.74, 6) is 1.26. The van der Waals surface area contributed by atoms with Crippen molar-refractivity contribution < 1.29 is 9.53 Å². The maximum absolute atomic E-state index is 12.2. The first-order chi connectivity index (χ1) is 12.2. The Balaban J connectivity index is 1.47. The third-order valence-corrected chi connectivity index (χ3v) is 4.64. The van der Waals surface area contributed by atoms with Gasteiger partial charge < -0.3 is 20.3 Å². The molecule has 1 saturated heterocycles. The van der Waals surface area contributed by atoms with Gasteiger partial charge in [0.15, 0.2) is 0 Å². The predicted octanol–water partition coefficient (Wildman–Crippen LogP) is 3.65. The van der Waals surface area contributed by atoms with Gasteiger partial charge in [-0.1, -0.05) is 18.2 Å². The first-order valence-corrected chi connectivity index (χ1v) is 8.65. The fourth-order valence-electron chi connectivity index (χ4n) is 3.18. The van der Waals surface area contributed by atoms with Crippen LogP contribution in [0.25, 0.3) is 0 Å². The second-order valence-corrected chi connectivity index (χ2v) is 6.45. The van der Waals surface area contributed by atoms with E-state index in [0.29, 0.717) is 12.5 Å². The molecule has 2 amide bonds. The van der Waals surface area contributed by atoms with E-state index in [1.807, 2.05) is 31.2 Å². The Hall–Kier alpha value is -2.69. The lowest BCUT2D eigenvalue weighted by Gasteiger charge is -2.19. The standard InChI is InChI=1S/C20H25N3O2/c1-15-12-18(25-2)8-9-19(15)22-20(24)21-13-16-10-11-23(14-16)17-6-4-3-5-7-17/h3-9,12,16H,10-11,13-14H2,1-2H3,(H2,21,22,24)/t16-/m1/s1. The van der Waals surface area contributed by atoms with E-state index in [4.69, 9.17) is 4.74 Å². The van der Waals surface area contributed by atoms with Crippen LogP contribution in [0.5, 0.6) is 5.75 Å². The number of rotatable bonds is 5. The van der Waals surface area contributed by atoms with Crippen LogP contribution in [0.3, 0.4) is 0 Å². The van der Waals surface area contributed by atoms with Crippen molar-refractivity contribution in [2.75, 3.05) is 37.0 Å². The van der Waals surface area contributed by atoms with Crippen LogP contribution >= 0.6 is 0 Å². The summed E-state index contributed by atoms with van der Waals surface area (Å²) in [5, 5.41) is 5.90. The van der Waals surface area contributed by atoms with Crippen LogP contribution < -0.4 is 20.3 Å². The summed E-state index contributed by atoms with van der Waals surface area (Å²) >= 11 is 0. The number of carbonyl (C=O) groups is 1. The molecule has 0 saturated carbocycles. The topological polar surface area (TPSA) is 53.6 Å². The lowest BCUT2D eigenvalue weighted by atomic mass is 10.1. The lowest BCUT2D eigenvalue weighted by Crippen LogP contribution is -2.34. The minimum absolute atomic E-state index is 0.161. The Bertz CT molecular complexity index is 718. The van der Waals surface area contributed by atoms with Gasteiger partial charge in [-0.25, -0.2) is 4.79 Å². The number of carbonyl (C=O) groups excluding carboxylic acids is 1. The maximum Gasteiger partial charge on any atom is 0.319 e. The van der Waals surface area contributed by atoms with Crippen LogP contribution in [-0.2, 0) is 0 Å². The van der Waals surface area contributed by atoms with Gasteiger partial charge in [-0.15, -0.1) is 0 Å². The molecule has 1 atom stereocenters. The van der Waals surface area contributed by atoms with Gasteiger partial charge in [0.1, 0.15) is 5.75 Å². The SMILES string of the molecule is COc1ccc(NC(=O)NC[C@H]2CCN(c3ccccc3)C2)c(C)c1. The van der Waals surface area contributed by atoms with E-state index in [-0.39, 0.29) is 6.03 Å². The molecular formula is C20H25N3O2. The lowest BCUT2D eigenvalue weighted by molar-refractivity contribution is 0.250. The molecule has 2 N–H and O–H groups in total. The molecular weight excluding hydrogens is 314 g/mol. The van der Waals surface area contributed by atoms with Crippen LogP contribution in [-0.4, -0.2) is 32.8 Å². The third-order valence-electron chi connectivity index (χ3n) is 4.64. The largest absolute Gasteiger partial charge is 0.497 e. The molecule has 25 heavy (non-hydrogen) atoms. The van der Waals surface area contributed by atoms with Crippen molar-refractivity contribution in [1.82, 2.24) is 5.32 Å². The number of anilines is 2.